The number of aryl methyl sites for hydroxylation is 1. The maximum Gasteiger partial charge on any atom is 0.254 e. The number of nitrogens with zero attached hydrogens (tertiary/aromatic N) is 5. The summed E-state index contributed by atoms with van der Waals surface area (Å²) in [6.45, 7) is 5.42. The number of anilines is 1. The van der Waals surface area contributed by atoms with Crippen molar-refractivity contribution in [1.82, 2.24) is 20.0 Å². The van der Waals surface area contributed by atoms with Crippen molar-refractivity contribution in [1.29, 1.82) is 0 Å². The molecule has 3 aromatic rings. The number of carbonyl (C=O) groups is 2. The third-order valence-electron chi connectivity index (χ3n) is 7.30. The van der Waals surface area contributed by atoms with Crippen molar-refractivity contribution in [2.75, 3.05) is 50.8 Å². The average Bonchev–Trinajstić information content (AvgIpc) is 3.34. The van der Waals surface area contributed by atoms with Crippen molar-refractivity contribution in [3.63, 3.8) is 0 Å². The van der Waals surface area contributed by atoms with Crippen molar-refractivity contribution in [3.8, 4) is 11.3 Å². The molecule has 204 valence electrons. The van der Waals surface area contributed by atoms with Crippen LogP contribution in [0.4, 0.5) is 10.2 Å². The van der Waals surface area contributed by atoms with Gasteiger partial charge in [0.2, 0.25) is 5.91 Å². The van der Waals surface area contributed by atoms with Gasteiger partial charge in [0.05, 0.1) is 11.8 Å². The lowest BCUT2D eigenvalue weighted by molar-refractivity contribution is -0.132. The molecule has 0 N–H and O–H groups in total. The largest absolute Gasteiger partial charge is 0.376 e. The Morgan fingerprint density at radius 3 is 2.56 bits per heavy atom. The lowest BCUT2D eigenvalue weighted by Crippen LogP contribution is -2.46. The molecule has 2 amide bonds. The molecule has 1 atom stereocenters. The molecule has 2 aliphatic rings. The Hall–Kier alpha value is -3.85. The van der Waals surface area contributed by atoms with Crippen LogP contribution >= 0.6 is 0 Å². The molecule has 0 aliphatic carbocycles. The van der Waals surface area contributed by atoms with E-state index in [9.17, 15) is 14.0 Å². The van der Waals surface area contributed by atoms with Gasteiger partial charge in [-0.25, -0.2) is 4.39 Å². The van der Waals surface area contributed by atoms with Gasteiger partial charge in [0.1, 0.15) is 12.4 Å². The van der Waals surface area contributed by atoms with Crippen LogP contribution in [0.2, 0.25) is 0 Å². The first kappa shape index (κ1) is 26.7. The molecular weight excluding hydrogens is 497 g/mol. The molecule has 0 bridgehead atoms. The maximum atomic E-state index is 13.8. The highest BCUT2D eigenvalue weighted by atomic mass is 19.1. The first-order valence-electron chi connectivity index (χ1n) is 13.6. The number of hydrogen-bond acceptors (Lipinski definition) is 6. The van der Waals surface area contributed by atoms with Crippen LogP contribution in [-0.2, 0) is 9.53 Å². The van der Waals surface area contributed by atoms with E-state index in [0.717, 1.165) is 42.9 Å². The molecule has 1 aromatic heterocycles. The standard InChI is InChI=1S/C30H34FN5O3/c1-22-8-10-23(11-9-22)27-12-13-28(33-32-27)34-14-4-15-35(17-16-34)29(37)21-36(20-26-7-3-18-39-26)30(38)24-5-2-6-25(31)19-24/h2,5-6,8-13,19,26H,3-4,7,14-18,20-21H2,1H3/t26-/m0/s1. The number of ether oxygens (including phenoxy) is 1. The highest BCUT2D eigenvalue weighted by Crippen LogP contribution is 2.21. The molecule has 0 unspecified atom stereocenters. The van der Waals surface area contributed by atoms with Crippen molar-refractivity contribution in [3.05, 3.63) is 77.6 Å². The second-order valence-corrected chi connectivity index (χ2v) is 10.2. The summed E-state index contributed by atoms with van der Waals surface area (Å²) in [6, 6.07) is 17.7. The Bertz CT molecular complexity index is 1280. The lowest BCUT2D eigenvalue weighted by Gasteiger charge is -2.28. The van der Waals surface area contributed by atoms with Crippen LogP contribution in [0.5, 0.6) is 0 Å². The predicted molar refractivity (Wildman–Crippen MR) is 147 cm³/mol. The smallest absolute Gasteiger partial charge is 0.254 e. The minimum Gasteiger partial charge on any atom is -0.376 e. The molecule has 0 spiro atoms. The van der Waals surface area contributed by atoms with Crippen LogP contribution in [0.1, 0.15) is 35.2 Å². The molecule has 8 nitrogen and oxygen atoms in total. The highest BCUT2D eigenvalue weighted by molar-refractivity contribution is 5.96. The Kier molecular flexibility index (Phi) is 8.46. The van der Waals surface area contributed by atoms with Gasteiger partial charge in [0, 0.05) is 50.5 Å². The molecule has 0 saturated carbocycles. The molecule has 5 rings (SSSR count). The molecule has 2 aromatic carbocycles. The maximum absolute atomic E-state index is 13.8. The quantitative estimate of drug-likeness (QED) is 0.460. The molecule has 3 heterocycles. The Balaban J connectivity index is 1.22. The third-order valence-corrected chi connectivity index (χ3v) is 7.30. The first-order chi connectivity index (χ1) is 19.0. The molecule has 0 radical (unpaired) electrons. The lowest BCUT2D eigenvalue weighted by atomic mass is 10.1. The number of halogens is 1. The topological polar surface area (TPSA) is 78.9 Å². The summed E-state index contributed by atoms with van der Waals surface area (Å²) >= 11 is 0. The van der Waals surface area contributed by atoms with E-state index in [-0.39, 0.29) is 30.0 Å². The fraction of sp³-hybridized carbons (Fsp3) is 0.400. The van der Waals surface area contributed by atoms with E-state index in [4.69, 9.17) is 4.74 Å². The minimum atomic E-state index is -0.480. The summed E-state index contributed by atoms with van der Waals surface area (Å²) in [6.07, 6.45) is 2.42. The monoisotopic (exact) mass is 531 g/mol. The molecule has 2 fully saturated rings. The second-order valence-electron chi connectivity index (χ2n) is 10.2. The van der Waals surface area contributed by atoms with E-state index in [1.807, 2.05) is 24.3 Å². The molecule has 2 aliphatic heterocycles. The summed E-state index contributed by atoms with van der Waals surface area (Å²) in [5, 5.41) is 8.88. The number of hydrogen-bond donors (Lipinski definition) is 0. The van der Waals surface area contributed by atoms with E-state index in [2.05, 4.69) is 34.2 Å². The highest BCUT2D eigenvalue weighted by Gasteiger charge is 2.28. The zero-order valence-corrected chi connectivity index (χ0v) is 22.3. The van der Waals surface area contributed by atoms with E-state index < -0.39 is 5.82 Å². The van der Waals surface area contributed by atoms with E-state index in [0.29, 0.717) is 32.8 Å². The Morgan fingerprint density at radius 2 is 1.85 bits per heavy atom. The minimum absolute atomic E-state index is 0.0692. The first-order valence-corrected chi connectivity index (χ1v) is 13.6. The van der Waals surface area contributed by atoms with Crippen LogP contribution < -0.4 is 4.90 Å². The van der Waals surface area contributed by atoms with Crippen LogP contribution in [-0.4, -0.2) is 83.8 Å². The number of carbonyl (C=O) groups excluding carboxylic acids is 2. The van der Waals surface area contributed by atoms with Gasteiger partial charge in [-0.15, -0.1) is 10.2 Å². The van der Waals surface area contributed by atoms with E-state index in [1.54, 1.807) is 11.0 Å². The molecule has 2 saturated heterocycles. The van der Waals surface area contributed by atoms with Crippen LogP contribution in [0.25, 0.3) is 11.3 Å². The van der Waals surface area contributed by atoms with Crippen molar-refractivity contribution < 1.29 is 18.7 Å². The predicted octanol–water partition coefficient (Wildman–Crippen LogP) is 3.95. The number of benzene rings is 2. The second kappa shape index (κ2) is 12.3. The van der Waals surface area contributed by atoms with Crippen molar-refractivity contribution >= 4 is 17.6 Å². The zero-order valence-electron chi connectivity index (χ0n) is 22.3. The van der Waals surface area contributed by atoms with Crippen LogP contribution in [0.15, 0.2) is 60.7 Å². The normalized spacial score (nSPS) is 17.6. The van der Waals surface area contributed by atoms with Gasteiger partial charge >= 0.3 is 0 Å². The van der Waals surface area contributed by atoms with Crippen LogP contribution in [0.3, 0.4) is 0 Å². The van der Waals surface area contributed by atoms with E-state index >= 15 is 0 Å². The number of aromatic nitrogens is 2. The Labute approximate surface area is 228 Å². The summed E-state index contributed by atoms with van der Waals surface area (Å²) in [5.41, 5.74) is 3.27. The third kappa shape index (κ3) is 6.78. The van der Waals surface area contributed by atoms with E-state index in [1.165, 1.54) is 28.7 Å². The van der Waals surface area contributed by atoms with Gasteiger partial charge in [0.15, 0.2) is 5.82 Å². The number of amides is 2. The number of rotatable bonds is 7. The summed E-state index contributed by atoms with van der Waals surface area (Å²) < 4.78 is 19.5. The van der Waals surface area contributed by atoms with Gasteiger partial charge in [0.25, 0.3) is 5.91 Å². The summed E-state index contributed by atoms with van der Waals surface area (Å²) in [7, 11) is 0. The molecule has 9 heteroatoms. The van der Waals surface area contributed by atoms with Crippen molar-refractivity contribution in [2.24, 2.45) is 0 Å². The van der Waals surface area contributed by atoms with Gasteiger partial charge in [-0.3, -0.25) is 9.59 Å². The summed E-state index contributed by atoms with van der Waals surface area (Å²) in [5.74, 6) is -0.188. The van der Waals surface area contributed by atoms with Gasteiger partial charge in [-0.2, -0.15) is 0 Å². The fourth-order valence-corrected chi connectivity index (χ4v) is 5.09. The summed E-state index contributed by atoms with van der Waals surface area (Å²) in [4.78, 5) is 32.1. The average molecular weight is 532 g/mol. The fourth-order valence-electron chi connectivity index (χ4n) is 5.09. The zero-order chi connectivity index (χ0) is 27.2. The van der Waals surface area contributed by atoms with Gasteiger partial charge in [-0.1, -0.05) is 35.9 Å². The Morgan fingerprint density at radius 1 is 1.00 bits per heavy atom. The van der Waals surface area contributed by atoms with Gasteiger partial charge < -0.3 is 19.4 Å². The molecule has 39 heavy (non-hydrogen) atoms. The SMILES string of the molecule is Cc1ccc(-c2ccc(N3CCCN(C(=O)CN(C[C@@H]4CCCO4)C(=O)c4cccc(F)c4)CC3)nn2)cc1. The van der Waals surface area contributed by atoms with Gasteiger partial charge in [-0.05, 0) is 56.5 Å². The van der Waals surface area contributed by atoms with Crippen molar-refractivity contribution in [2.45, 2.75) is 32.3 Å². The molecular formula is C30H34FN5O3. The van der Waals surface area contributed by atoms with Crippen LogP contribution in [0, 0.1) is 12.7 Å².